The first-order valence-electron chi connectivity index (χ1n) is 4.88. The van der Waals surface area contributed by atoms with Crippen molar-refractivity contribution in [1.82, 2.24) is 4.98 Å². The van der Waals surface area contributed by atoms with Gasteiger partial charge in [0.05, 0.1) is 0 Å². The van der Waals surface area contributed by atoms with Gasteiger partial charge in [-0.25, -0.2) is 4.79 Å². The number of carbonyl (C=O) groups is 1. The van der Waals surface area contributed by atoms with Crippen LogP contribution in [0.15, 0.2) is 41.1 Å². The van der Waals surface area contributed by atoms with Gasteiger partial charge in [0.15, 0.2) is 0 Å². The summed E-state index contributed by atoms with van der Waals surface area (Å²) in [6, 6.07) is 6.28. The second kappa shape index (κ2) is 5.37. The lowest BCUT2D eigenvalue weighted by Gasteiger charge is -2.09. The first kappa shape index (κ1) is 12.9. The van der Waals surface area contributed by atoms with Gasteiger partial charge in [-0.15, -0.1) is 0 Å². The van der Waals surface area contributed by atoms with Crippen molar-refractivity contribution in [1.29, 1.82) is 0 Å². The van der Waals surface area contributed by atoms with Gasteiger partial charge in [-0.05, 0) is 18.2 Å². The molecule has 0 aliphatic heterocycles. The lowest BCUT2D eigenvalue weighted by atomic mass is 10.2. The van der Waals surface area contributed by atoms with E-state index < -0.39 is 5.97 Å². The van der Waals surface area contributed by atoms with Gasteiger partial charge in [0, 0.05) is 22.9 Å². The Bertz CT molecular complexity index is 604. The average Bonchev–Trinajstić information content (AvgIpc) is 2.34. The van der Waals surface area contributed by atoms with E-state index in [9.17, 15) is 4.79 Å². The molecule has 6 heteroatoms. The molecule has 0 amide bonds. The van der Waals surface area contributed by atoms with E-state index in [0.717, 1.165) is 0 Å². The number of carboxylic acids is 1. The molecule has 1 heterocycles. The van der Waals surface area contributed by atoms with Gasteiger partial charge in [-0.2, -0.15) is 0 Å². The summed E-state index contributed by atoms with van der Waals surface area (Å²) in [6.45, 7) is 0. The Hall–Kier alpha value is -1.59. The van der Waals surface area contributed by atoms with Crippen LogP contribution in [-0.4, -0.2) is 16.1 Å². The molecule has 1 aromatic heterocycles. The van der Waals surface area contributed by atoms with Crippen LogP contribution in [-0.2, 0) is 0 Å². The van der Waals surface area contributed by atoms with Crippen LogP contribution in [0.2, 0.25) is 5.02 Å². The molecule has 18 heavy (non-hydrogen) atoms. The van der Waals surface area contributed by atoms with E-state index in [1.165, 1.54) is 18.5 Å². The number of benzene rings is 1. The lowest BCUT2D eigenvalue weighted by molar-refractivity contribution is 0.0694. The Morgan fingerprint density at radius 1 is 1.33 bits per heavy atom. The number of halogens is 2. The van der Waals surface area contributed by atoms with E-state index in [1.807, 2.05) is 0 Å². The largest absolute Gasteiger partial charge is 0.478 e. The van der Waals surface area contributed by atoms with Gasteiger partial charge < -0.3 is 9.84 Å². The number of pyridine rings is 1. The van der Waals surface area contributed by atoms with Gasteiger partial charge in [-0.3, -0.25) is 4.98 Å². The van der Waals surface area contributed by atoms with Crippen LogP contribution in [0.4, 0.5) is 0 Å². The Morgan fingerprint density at radius 2 is 2.11 bits per heavy atom. The minimum atomic E-state index is -1.07. The van der Waals surface area contributed by atoms with Crippen molar-refractivity contribution >= 4 is 33.5 Å². The van der Waals surface area contributed by atoms with E-state index in [1.54, 1.807) is 18.2 Å². The second-order valence-electron chi connectivity index (χ2n) is 3.35. The zero-order chi connectivity index (χ0) is 13.1. The number of ether oxygens (including phenoxy) is 1. The fourth-order valence-corrected chi connectivity index (χ4v) is 1.84. The first-order chi connectivity index (χ1) is 8.58. The van der Waals surface area contributed by atoms with Crippen molar-refractivity contribution in [2.75, 3.05) is 0 Å². The fourth-order valence-electron chi connectivity index (χ4n) is 1.32. The summed E-state index contributed by atoms with van der Waals surface area (Å²) in [5.41, 5.74) is 0.0530. The molecule has 4 nitrogen and oxygen atoms in total. The molecule has 0 unspecified atom stereocenters. The molecule has 0 bridgehead atoms. The number of hydrogen-bond acceptors (Lipinski definition) is 3. The van der Waals surface area contributed by atoms with Gasteiger partial charge in [0.2, 0.25) is 0 Å². The van der Waals surface area contributed by atoms with Crippen LogP contribution < -0.4 is 4.74 Å². The second-order valence-corrected chi connectivity index (χ2v) is 4.68. The standard InChI is InChI=1S/C12H7BrClNO3/c13-7-1-2-10(8(5-7)12(16)17)18-11-3-4-15-6-9(11)14/h1-6H,(H,16,17). The minimum absolute atomic E-state index is 0.0530. The summed E-state index contributed by atoms with van der Waals surface area (Å²) in [7, 11) is 0. The number of aromatic nitrogens is 1. The van der Waals surface area contributed by atoms with Crippen LogP contribution in [0.25, 0.3) is 0 Å². The molecule has 92 valence electrons. The van der Waals surface area contributed by atoms with Crippen molar-refractivity contribution in [3.63, 3.8) is 0 Å². The van der Waals surface area contributed by atoms with Crippen LogP contribution in [0.1, 0.15) is 10.4 Å². The van der Waals surface area contributed by atoms with Crippen LogP contribution >= 0.6 is 27.5 Å². The first-order valence-corrected chi connectivity index (χ1v) is 6.05. The molecule has 2 aromatic rings. The highest BCUT2D eigenvalue weighted by molar-refractivity contribution is 9.10. The third-order valence-corrected chi connectivity index (χ3v) is 2.90. The summed E-state index contributed by atoms with van der Waals surface area (Å²) < 4.78 is 6.14. The summed E-state index contributed by atoms with van der Waals surface area (Å²) in [5.74, 6) is -0.494. The topological polar surface area (TPSA) is 59.4 Å². The highest BCUT2D eigenvalue weighted by Gasteiger charge is 2.13. The number of aromatic carboxylic acids is 1. The van der Waals surface area contributed by atoms with E-state index in [0.29, 0.717) is 15.2 Å². The molecule has 0 aliphatic rings. The molecule has 0 fully saturated rings. The predicted octanol–water partition coefficient (Wildman–Crippen LogP) is 3.99. The third kappa shape index (κ3) is 2.80. The van der Waals surface area contributed by atoms with E-state index in [4.69, 9.17) is 21.4 Å². The van der Waals surface area contributed by atoms with E-state index >= 15 is 0 Å². The highest BCUT2D eigenvalue weighted by atomic mass is 79.9. The van der Waals surface area contributed by atoms with Gasteiger partial charge >= 0.3 is 5.97 Å². The molecule has 1 N–H and O–H groups in total. The Balaban J connectivity index is 2.41. The summed E-state index contributed by atoms with van der Waals surface area (Å²) in [5, 5.41) is 9.41. The minimum Gasteiger partial charge on any atom is -0.478 e. The molecule has 0 radical (unpaired) electrons. The monoisotopic (exact) mass is 327 g/mol. The fraction of sp³-hybridized carbons (Fsp3) is 0. The molecule has 0 aliphatic carbocycles. The Morgan fingerprint density at radius 3 is 2.78 bits per heavy atom. The highest BCUT2D eigenvalue weighted by Crippen LogP contribution is 2.31. The SMILES string of the molecule is O=C(O)c1cc(Br)ccc1Oc1ccncc1Cl. The molecule has 2 rings (SSSR count). The van der Waals surface area contributed by atoms with Crippen molar-refractivity contribution in [3.8, 4) is 11.5 Å². The maximum Gasteiger partial charge on any atom is 0.339 e. The lowest BCUT2D eigenvalue weighted by Crippen LogP contribution is -2.00. The van der Waals surface area contributed by atoms with Crippen LogP contribution in [0, 0.1) is 0 Å². The smallest absolute Gasteiger partial charge is 0.339 e. The zero-order valence-electron chi connectivity index (χ0n) is 8.93. The van der Waals surface area contributed by atoms with Crippen molar-refractivity contribution in [2.45, 2.75) is 0 Å². The van der Waals surface area contributed by atoms with Gasteiger partial charge in [0.25, 0.3) is 0 Å². The normalized spacial score (nSPS) is 10.1. The molecule has 0 saturated carbocycles. The number of rotatable bonds is 3. The molecule has 0 spiro atoms. The van der Waals surface area contributed by atoms with Gasteiger partial charge in [-0.1, -0.05) is 27.5 Å². The number of nitrogens with zero attached hydrogens (tertiary/aromatic N) is 1. The quantitative estimate of drug-likeness (QED) is 0.925. The molecular formula is C12H7BrClNO3. The van der Waals surface area contributed by atoms with E-state index in [2.05, 4.69) is 20.9 Å². The van der Waals surface area contributed by atoms with Crippen molar-refractivity contribution < 1.29 is 14.6 Å². The zero-order valence-corrected chi connectivity index (χ0v) is 11.3. The van der Waals surface area contributed by atoms with Crippen LogP contribution in [0.3, 0.4) is 0 Å². The average molecular weight is 329 g/mol. The molecule has 1 aromatic carbocycles. The maximum atomic E-state index is 11.1. The molecular weight excluding hydrogens is 321 g/mol. The third-order valence-electron chi connectivity index (χ3n) is 2.13. The predicted molar refractivity (Wildman–Crippen MR) is 70.4 cm³/mol. The molecule has 0 atom stereocenters. The molecule has 0 saturated heterocycles. The summed E-state index contributed by atoms with van der Waals surface area (Å²) in [4.78, 5) is 14.9. The van der Waals surface area contributed by atoms with Crippen molar-refractivity contribution in [3.05, 3.63) is 51.7 Å². The van der Waals surface area contributed by atoms with Gasteiger partial charge in [0.1, 0.15) is 22.1 Å². The Labute approximate surface area is 116 Å². The summed E-state index contributed by atoms with van der Waals surface area (Å²) in [6.07, 6.45) is 2.94. The number of hydrogen-bond donors (Lipinski definition) is 1. The Kier molecular flexibility index (Phi) is 3.84. The summed E-state index contributed by atoms with van der Waals surface area (Å²) >= 11 is 9.10. The van der Waals surface area contributed by atoms with E-state index in [-0.39, 0.29) is 11.3 Å². The maximum absolute atomic E-state index is 11.1. The number of carboxylic acid groups (broad SMARTS) is 1. The van der Waals surface area contributed by atoms with Crippen LogP contribution in [0.5, 0.6) is 11.5 Å². The van der Waals surface area contributed by atoms with Crippen molar-refractivity contribution in [2.24, 2.45) is 0 Å².